The molecule has 1 aromatic rings. The molecule has 8 heteroatoms. The van der Waals surface area contributed by atoms with E-state index in [0.717, 1.165) is 0 Å². The van der Waals surface area contributed by atoms with Gasteiger partial charge in [0.1, 0.15) is 0 Å². The van der Waals surface area contributed by atoms with Crippen LogP contribution in [0.2, 0.25) is 0 Å². The van der Waals surface area contributed by atoms with Crippen molar-refractivity contribution < 1.29 is 17.9 Å². The average molecular weight is 421 g/mol. The molecule has 0 atom stereocenters. The smallest absolute Gasteiger partial charge is 0.404 e. The second kappa shape index (κ2) is 5.86. The van der Waals surface area contributed by atoms with Crippen molar-refractivity contribution in [2.24, 2.45) is 0 Å². The van der Waals surface area contributed by atoms with Crippen LogP contribution in [-0.2, 0) is 11.8 Å². The summed E-state index contributed by atoms with van der Waals surface area (Å²) < 4.78 is 40.7. The summed E-state index contributed by atoms with van der Waals surface area (Å²) in [6.07, 6.45) is -4.71. The Morgan fingerprint density at radius 1 is 1.47 bits per heavy atom. The van der Waals surface area contributed by atoms with Gasteiger partial charge < -0.3 is 4.74 Å². The molecule has 17 heavy (non-hydrogen) atoms. The first-order valence-electron chi connectivity index (χ1n) is 4.24. The number of pyridine rings is 1. The minimum atomic E-state index is -4.75. The number of ether oxygens (including phenoxy) is 1. The molecule has 1 heterocycles. The molecular weight excluding hydrogens is 416 g/mol. The second-order valence-corrected chi connectivity index (χ2v) is 4.60. The minimum absolute atomic E-state index is 0.0462. The summed E-state index contributed by atoms with van der Waals surface area (Å²) in [5.74, 6) is -0.347. The SMILES string of the molecule is N#CCc1nc(CBr)c(OC(F)(F)F)cc1I. The molecule has 0 bridgehead atoms. The van der Waals surface area contributed by atoms with Crippen LogP contribution in [0.25, 0.3) is 0 Å². The highest BCUT2D eigenvalue weighted by Crippen LogP contribution is 2.29. The van der Waals surface area contributed by atoms with Gasteiger partial charge in [-0.3, -0.25) is 4.98 Å². The van der Waals surface area contributed by atoms with Crippen LogP contribution in [0.4, 0.5) is 13.2 Å². The van der Waals surface area contributed by atoms with E-state index in [1.54, 1.807) is 0 Å². The fourth-order valence-electron chi connectivity index (χ4n) is 1.06. The van der Waals surface area contributed by atoms with Gasteiger partial charge in [0.15, 0.2) is 5.75 Å². The monoisotopic (exact) mass is 420 g/mol. The lowest BCUT2D eigenvalue weighted by molar-refractivity contribution is -0.275. The molecule has 1 rings (SSSR count). The molecule has 0 unspecified atom stereocenters. The van der Waals surface area contributed by atoms with Gasteiger partial charge in [-0.1, -0.05) is 15.9 Å². The summed E-state index contributed by atoms with van der Waals surface area (Å²) in [5, 5.41) is 8.67. The predicted molar refractivity (Wildman–Crippen MR) is 65.6 cm³/mol. The molecule has 0 N–H and O–H groups in total. The Hall–Kier alpha value is -0.560. The summed E-state index contributed by atoms with van der Waals surface area (Å²) >= 11 is 4.85. The molecule has 0 spiro atoms. The molecule has 0 aliphatic heterocycles. The highest BCUT2D eigenvalue weighted by molar-refractivity contribution is 14.1. The van der Waals surface area contributed by atoms with Crippen LogP contribution in [0.3, 0.4) is 0 Å². The van der Waals surface area contributed by atoms with Gasteiger partial charge in [0.05, 0.1) is 23.9 Å². The van der Waals surface area contributed by atoms with Gasteiger partial charge >= 0.3 is 6.36 Å². The van der Waals surface area contributed by atoms with Crippen molar-refractivity contribution in [3.8, 4) is 11.8 Å². The zero-order chi connectivity index (χ0) is 13.1. The molecule has 0 aliphatic rings. The third-order valence-electron chi connectivity index (χ3n) is 1.69. The number of hydrogen-bond acceptors (Lipinski definition) is 3. The van der Waals surface area contributed by atoms with E-state index >= 15 is 0 Å². The lowest BCUT2D eigenvalue weighted by atomic mass is 10.2. The van der Waals surface area contributed by atoms with Crippen LogP contribution in [0.1, 0.15) is 11.4 Å². The van der Waals surface area contributed by atoms with Crippen LogP contribution < -0.4 is 4.74 Å². The maximum absolute atomic E-state index is 12.1. The molecule has 0 fully saturated rings. The Bertz CT molecular complexity index is 459. The van der Waals surface area contributed by atoms with Crippen molar-refractivity contribution in [2.45, 2.75) is 18.1 Å². The fraction of sp³-hybridized carbons (Fsp3) is 0.333. The Balaban J connectivity index is 3.15. The number of nitrogens with zero attached hydrogens (tertiary/aromatic N) is 2. The Kier molecular flexibility index (Phi) is 5.00. The maximum atomic E-state index is 12.1. The van der Waals surface area contributed by atoms with Crippen molar-refractivity contribution in [3.63, 3.8) is 0 Å². The quantitative estimate of drug-likeness (QED) is 0.555. The second-order valence-electron chi connectivity index (χ2n) is 2.88. The summed E-state index contributed by atoms with van der Waals surface area (Å²) in [5.41, 5.74) is 0.560. The summed E-state index contributed by atoms with van der Waals surface area (Å²) in [4.78, 5) is 3.96. The number of rotatable bonds is 3. The van der Waals surface area contributed by atoms with E-state index in [-0.39, 0.29) is 23.2 Å². The van der Waals surface area contributed by atoms with E-state index in [0.29, 0.717) is 9.26 Å². The fourth-order valence-corrected chi connectivity index (χ4v) is 2.06. The third kappa shape index (κ3) is 4.31. The van der Waals surface area contributed by atoms with Crippen molar-refractivity contribution >= 4 is 38.5 Å². The topological polar surface area (TPSA) is 45.9 Å². The molecule has 3 nitrogen and oxygen atoms in total. The van der Waals surface area contributed by atoms with Crippen molar-refractivity contribution in [1.29, 1.82) is 5.26 Å². The first kappa shape index (κ1) is 14.5. The number of halogens is 5. The molecule has 0 aliphatic carbocycles. The molecule has 0 radical (unpaired) electrons. The first-order valence-corrected chi connectivity index (χ1v) is 6.44. The minimum Gasteiger partial charge on any atom is -0.404 e. The van der Waals surface area contributed by atoms with Crippen LogP contribution in [-0.4, -0.2) is 11.3 Å². The Morgan fingerprint density at radius 3 is 2.59 bits per heavy atom. The number of alkyl halides is 4. The van der Waals surface area contributed by atoms with Crippen LogP contribution in [0.5, 0.6) is 5.75 Å². The highest BCUT2D eigenvalue weighted by atomic mass is 127. The average Bonchev–Trinajstić information content (AvgIpc) is 2.20. The largest absolute Gasteiger partial charge is 0.573 e. The van der Waals surface area contributed by atoms with E-state index in [9.17, 15) is 13.2 Å². The van der Waals surface area contributed by atoms with Crippen molar-refractivity contribution in [3.05, 3.63) is 21.0 Å². The van der Waals surface area contributed by atoms with E-state index in [2.05, 4.69) is 25.7 Å². The third-order valence-corrected chi connectivity index (χ3v) is 3.15. The van der Waals surface area contributed by atoms with Gasteiger partial charge in [0.25, 0.3) is 0 Å². The number of aromatic nitrogens is 1. The van der Waals surface area contributed by atoms with Crippen LogP contribution in [0, 0.1) is 14.9 Å². The lowest BCUT2D eigenvalue weighted by Gasteiger charge is -2.13. The van der Waals surface area contributed by atoms with Crippen molar-refractivity contribution in [2.75, 3.05) is 0 Å². The summed E-state index contributed by atoms with van der Waals surface area (Å²) in [6.45, 7) is 0. The lowest BCUT2D eigenvalue weighted by Crippen LogP contribution is -2.19. The standard InChI is InChI=1S/C9H5BrF3IN2O/c10-4-7-8(17-9(11,12)13)3-5(14)6(16-7)1-2-15/h3H,1,4H2. The van der Waals surface area contributed by atoms with Crippen LogP contribution in [0.15, 0.2) is 6.07 Å². The molecule has 92 valence electrons. The van der Waals surface area contributed by atoms with Gasteiger partial charge in [-0.15, -0.1) is 13.2 Å². The van der Waals surface area contributed by atoms with Crippen molar-refractivity contribution in [1.82, 2.24) is 4.98 Å². The highest BCUT2D eigenvalue weighted by Gasteiger charge is 2.32. The molecule has 0 saturated carbocycles. The zero-order valence-electron chi connectivity index (χ0n) is 8.18. The van der Waals surface area contributed by atoms with Gasteiger partial charge in [-0.05, 0) is 28.7 Å². The number of nitriles is 1. The summed E-state index contributed by atoms with van der Waals surface area (Å²) in [7, 11) is 0. The molecule has 0 amide bonds. The number of hydrogen-bond donors (Lipinski definition) is 0. The molecular formula is C9H5BrF3IN2O. The van der Waals surface area contributed by atoms with Gasteiger partial charge in [-0.25, -0.2) is 0 Å². The summed E-state index contributed by atoms with van der Waals surface area (Å²) in [6, 6.07) is 3.12. The van der Waals surface area contributed by atoms with Crippen LogP contribution >= 0.6 is 38.5 Å². The predicted octanol–water partition coefficient (Wildman–Crippen LogP) is 3.55. The Morgan fingerprint density at radius 2 is 2.12 bits per heavy atom. The molecule has 0 saturated heterocycles. The van der Waals surface area contributed by atoms with E-state index in [1.807, 2.05) is 28.7 Å². The normalized spacial score (nSPS) is 11.1. The Labute approximate surface area is 117 Å². The molecule has 1 aromatic heterocycles. The first-order chi connectivity index (χ1) is 7.87. The van der Waals surface area contributed by atoms with E-state index in [4.69, 9.17) is 5.26 Å². The van der Waals surface area contributed by atoms with Gasteiger partial charge in [-0.2, -0.15) is 5.26 Å². The maximum Gasteiger partial charge on any atom is 0.573 e. The zero-order valence-corrected chi connectivity index (χ0v) is 11.9. The van der Waals surface area contributed by atoms with Gasteiger partial charge in [0.2, 0.25) is 0 Å². The van der Waals surface area contributed by atoms with Gasteiger partial charge in [0, 0.05) is 8.90 Å². The van der Waals surface area contributed by atoms with E-state index in [1.165, 1.54) is 6.07 Å². The van der Waals surface area contributed by atoms with E-state index < -0.39 is 6.36 Å². The molecule has 0 aromatic carbocycles.